The number of amides is 3. The van der Waals surface area contributed by atoms with Crippen molar-refractivity contribution in [1.29, 1.82) is 0 Å². The number of hydrogen-bond donors (Lipinski definition) is 1. The van der Waals surface area contributed by atoms with Crippen molar-refractivity contribution in [3.63, 3.8) is 0 Å². The first-order valence-electron chi connectivity index (χ1n) is 8.24. The number of nitrogens with one attached hydrogen (secondary N) is 1. The summed E-state index contributed by atoms with van der Waals surface area (Å²) in [6.07, 6.45) is -0.665. The second-order valence-corrected chi connectivity index (χ2v) is 7.11. The molecular formula is C18H22N2O6. The molecular weight excluding hydrogens is 340 g/mol. The van der Waals surface area contributed by atoms with E-state index in [-0.39, 0.29) is 30.0 Å². The molecule has 26 heavy (non-hydrogen) atoms. The number of hydrogen-bond acceptors (Lipinski definition) is 6. The van der Waals surface area contributed by atoms with Gasteiger partial charge in [-0.2, -0.15) is 0 Å². The van der Waals surface area contributed by atoms with Crippen LogP contribution in [0.1, 0.15) is 54.8 Å². The van der Waals surface area contributed by atoms with Gasteiger partial charge in [-0.25, -0.2) is 9.59 Å². The predicted octanol–water partition coefficient (Wildman–Crippen LogP) is 2.29. The van der Waals surface area contributed by atoms with Gasteiger partial charge in [-0.3, -0.25) is 9.59 Å². The van der Waals surface area contributed by atoms with E-state index in [1.165, 1.54) is 12.1 Å². The third kappa shape index (κ3) is 4.81. The SMILES string of the molecule is CC(CNC(=O)OC(C)(C)C)CC(=O)ON1C(=O)c2ccccc2C1=O. The van der Waals surface area contributed by atoms with Gasteiger partial charge >= 0.3 is 12.1 Å². The van der Waals surface area contributed by atoms with E-state index in [2.05, 4.69) is 5.32 Å². The minimum absolute atomic E-state index is 0.0802. The molecule has 0 aliphatic carbocycles. The maximum absolute atomic E-state index is 12.1. The Kier molecular flexibility index (Phi) is 5.64. The van der Waals surface area contributed by atoms with Crippen LogP contribution in [0.4, 0.5) is 4.79 Å². The molecule has 140 valence electrons. The molecule has 1 unspecified atom stereocenters. The highest BCUT2D eigenvalue weighted by Gasteiger charge is 2.38. The number of benzene rings is 1. The molecule has 1 aromatic rings. The molecule has 1 aromatic carbocycles. The van der Waals surface area contributed by atoms with Crippen LogP contribution in [0.5, 0.6) is 0 Å². The molecule has 0 aromatic heterocycles. The molecule has 2 rings (SSSR count). The summed E-state index contributed by atoms with van der Waals surface area (Å²) in [5.41, 5.74) is -0.215. The number of carbonyl (C=O) groups excluding carboxylic acids is 4. The number of nitrogens with zero attached hydrogens (tertiary/aromatic N) is 1. The minimum Gasteiger partial charge on any atom is -0.444 e. The maximum Gasteiger partial charge on any atom is 0.407 e. The van der Waals surface area contributed by atoms with Crippen LogP contribution in [0, 0.1) is 5.92 Å². The van der Waals surface area contributed by atoms with Gasteiger partial charge in [0.15, 0.2) is 0 Å². The molecule has 1 aliphatic rings. The number of alkyl carbamates (subject to hydrolysis) is 1. The smallest absolute Gasteiger partial charge is 0.407 e. The van der Waals surface area contributed by atoms with Crippen LogP contribution in [-0.4, -0.2) is 41.1 Å². The van der Waals surface area contributed by atoms with Gasteiger partial charge in [0.1, 0.15) is 5.60 Å². The fraction of sp³-hybridized carbons (Fsp3) is 0.444. The van der Waals surface area contributed by atoms with Gasteiger partial charge in [-0.15, -0.1) is 0 Å². The van der Waals surface area contributed by atoms with Crippen LogP contribution < -0.4 is 5.32 Å². The minimum atomic E-state index is -0.738. The van der Waals surface area contributed by atoms with Crippen molar-refractivity contribution in [1.82, 2.24) is 10.4 Å². The molecule has 0 saturated heterocycles. The Balaban J connectivity index is 1.83. The van der Waals surface area contributed by atoms with Crippen molar-refractivity contribution in [2.45, 2.75) is 39.7 Å². The quantitative estimate of drug-likeness (QED) is 0.807. The Bertz CT molecular complexity index is 702. The first-order valence-corrected chi connectivity index (χ1v) is 8.24. The maximum atomic E-state index is 12.1. The number of carbonyl (C=O) groups is 4. The Labute approximate surface area is 151 Å². The number of ether oxygens (including phenoxy) is 1. The van der Waals surface area contributed by atoms with E-state index >= 15 is 0 Å². The zero-order valence-corrected chi connectivity index (χ0v) is 15.2. The zero-order chi connectivity index (χ0) is 19.5. The Morgan fingerprint density at radius 3 is 2.15 bits per heavy atom. The molecule has 0 fully saturated rings. The lowest BCUT2D eigenvalue weighted by Gasteiger charge is -2.20. The van der Waals surface area contributed by atoms with E-state index in [9.17, 15) is 19.2 Å². The lowest BCUT2D eigenvalue weighted by Crippen LogP contribution is -2.36. The molecule has 1 atom stereocenters. The van der Waals surface area contributed by atoms with Crippen LogP contribution in [0.2, 0.25) is 0 Å². The summed E-state index contributed by atoms with van der Waals surface area (Å²) in [6, 6.07) is 6.24. The molecule has 0 saturated carbocycles. The lowest BCUT2D eigenvalue weighted by atomic mass is 10.1. The number of fused-ring (bicyclic) bond motifs is 1. The summed E-state index contributed by atoms with van der Waals surface area (Å²) in [4.78, 5) is 52.8. The monoisotopic (exact) mass is 362 g/mol. The van der Waals surface area contributed by atoms with Gasteiger partial charge in [0.2, 0.25) is 0 Å². The second-order valence-electron chi connectivity index (χ2n) is 7.11. The summed E-state index contributed by atoms with van der Waals surface area (Å²) < 4.78 is 5.10. The highest BCUT2D eigenvalue weighted by molar-refractivity contribution is 6.20. The molecule has 0 radical (unpaired) electrons. The Morgan fingerprint density at radius 2 is 1.65 bits per heavy atom. The molecule has 8 heteroatoms. The summed E-state index contributed by atoms with van der Waals surface area (Å²) in [6.45, 7) is 7.15. The van der Waals surface area contributed by atoms with Gasteiger partial charge < -0.3 is 14.9 Å². The average molecular weight is 362 g/mol. The van der Waals surface area contributed by atoms with Crippen LogP contribution in [0.15, 0.2) is 24.3 Å². The van der Waals surface area contributed by atoms with E-state index in [1.807, 2.05) is 0 Å². The standard InChI is InChI=1S/C18H22N2O6/c1-11(10-19-17(24)25-18(2,3)4)9-14(21)26-20-15(22)12-7-5-6-8-13(12)16(20)23/h5-8,11H,9-10H2,1-4H3,(H,19,24). The normalized spacial score (nSPS) is 14.7. The van der Waals surface area contributed by atoms with Gasteiger partial charge in [-0.1, -0.05) is 24.1 Å². The number of rotatable bonds is 5. The molecule has 8 nitrogen and oxygen atoms in total. The third-order valence-electron chi connectivity index (χ3n) is 3.46. The summed E-state index contributed by atoms with van der Waals surface area (Å²) >= 11 is 0. The lowest BCUT2D eigenvalue weighted by molar-refractivity contribution is -0.169. The highest BCUT2D eigenvalue weighted by atomic mass is 16.7. The number of hydroxylamine groups is 2. The summed E-state index contributed by atoms with van der Waals surface area (Å²) in [5.74, 6) is -2.35. The van der Waals surface area contributed by atoms with Crippen molar-refractivity contribution < 1.29 is 28.8 Å². The molecule has 0 bridgehead atoms. The zero-order valence-electron chi connectivity index (χ0n) is 15.2. The predicted molar refractivity (Wildman–Crippen MR) is 91.1 cm³/mol. The molecule has 1 aliphatic heterocycles. The van der Waals surface area contributed by atoms with E-state index in [0.717, 1.165) is 0 Å². The van der Waals surface area contributed by atoms with Crippen LogP contribution in [0.25, 0.3) is 0 Å². The first kappa shape index (κ1) is 19.4. The van der Waals surface area contributed by atoms with E-state index in [1.54, 1.807) is 39.8 Å². The largest absolute Gasteiger partial charge is 0.444 e. The third-order valence-corrected chi connectivity index (χ3v) is 3.46. The van der Waals surface area contributed by atoms with Gasteiger partial charge in [0.25, 0.3) is 11.8 Å². The summed E-state index contributed by atoms with van der Waals surface area (Å²) in [5, 5.41) is 3.03. The fourth-order valence-corrected chi connectivity index (χ4v) is 2.32. The molecule has 1 N–H and O–H groups in total. The Hall–Kier alpha value is -2.90. The van der Waals surface area contributed by atoms with E-state index in [4.69, 9.17) is 9.57 Å². The van der Waals surface area contributed by atoms with Gasteiger partial charge in [-0.05, 0) is 38.8 Å². The molecule has 3 amide bonds. The molecule has 1 heterocycles. The summed E-state index contributed by atoms with van der Waals surface area (Å²) in [7, 11) is 0. The van der Waals surface area contributed by atoms with Crippen LogP contribution in [-0.2, 0) is 14.4 Å². The topological polar surface area (TPSA) is 102 Å². The van der Waals surface area contributed by atoms with Crippen LogP contribution in [0.3, 0.4) is 0 Å². The first-order chi connectivity index (χ1) is 12.1. The van der Waals surface area contributed by atoms with Gasteiger partial charge in [0, 0.05) is 6.54 Å². The van der Waals surface area contributed by atoms with E-state index in [0.29, 0.717) is 5.06 Å². The van der Waals surface area contributed by atoms with Crippen LogP contribution >= 0.6 is 0 Å². The second kappa shape index (κ2) is 7.55. The number of imide groups is 1. The van der Waals surface area contributed by atoms with Gasteiger partial charge in [0.05, 0.1) is 17.5 Å². The van der Waals surface area contributed by atoms with Crippen molar-refractivity contribution in [2.24, 2.45) is 5.92 Å². The fourth-order valence-electron chi connectivity index (χ4n) is 2.32. The van der Waals surface area contributed by atoms with Crippen molar-refractivity contribution >= 4 is 23.9 Å². The highest BCUT2D eigenvalue weighted by Crippen LogP contribution is 2.23. The van der Waals surface area contributed by atoms with E-state index < -0.39 is 29.5 Å². The van der Waals surface area contributed by atoms with Crippen molar-refractivity contribution in [3.05, 3.63) is 35.4 Å². The Morgan fingerprint density at radius 1 is 1.12 bits per heavy atom. The average Bonchev–Trinajstić information content (AvgIpc) is 2.77. The van der Waals surface area contributed by atoms with Crippen molar-refractivity contribution in [2.75, 3.05) is 6.54 Å². The molecule has 0 spiro atoms. The van der Waals surface area contributed by atoms with Crippen molar-refractivity contribution in [3.8, 4) is 0 Å².